The minimum Gasteiger partial charge on any atom is -0.341 e. The van der Waals surface area contributed by atoms with Crippen molar-refractivity contribution in [2.24, 2.45) is 0 Å². The predicted molar refractivity (Wildman–Crippen MR) is 95.5 cm³/mol. The maximum Gasteiger partial charge on any atom is 0.225 e. The summed E-state index contributed by atoms with van der Waals surface area (Å²) in [5, 5.41) is -0.210. The Morgan fingerprint density at radius 2 is 1.88 bits per heavy atom. The number of sulfonamides is 1. The van der Waals surface area contributed by atoms with E-state index in [4.69, 9.17) is 0 Å². The molecule has 1 atom stereocenters. The molecular weight excluding hydrogens is 324 g/mol. The first-order chi connectivity index (χ1) is 11.4. The first kappa shape index (κ1) is 17.6. The molecule has 1 aromatic heterocycles. The van der Waals surface area contributed by atoms with Crippen LogP contribution in [0.25, 0.3) is 0 Å². The Morgan fingerprint density at radius 1 is 1.21 bits per heavy atom. The van der Waals surface area contributed by atoms with E-state index in [0.717, 1.165) is 30.0 Å². The molecule has 2 fully saturated rings. The van der Waals surface area contributed by atoms with Crippen LogP contribution in [0.2, 0.25) is 0 Å². The fourth-order valence-electron chi connectivity index (χ4n) is 3.48. The second-order valence-electron chi connectivity index (χ2n) is 7.20. The van der Waals surface area contributed by atoms with Gasteiger partial charge in [0.15, 0.2) is 0 Å². The van der Waals surface area contributed by atoms with E-state index >= 15 is 0 Å². The minimum atomic E-state index is -3.21. The van der Waals surface area contributed by atoms with Crippen LogP contribution in [-0.2, 0) is 10.0 Å². The molecule has 0 amide bonds. The van der Waals surface area contributed by atoms with Crippen molar-refractivity contribution in [2.75, 3.05) is 11.9 Å². The zero-order valence-electron chi connectivity index (χ0n) is 14.8. The van der Waals surface area contributed by atoms with Crippen molar-refractivity contribution in [3.8, 4) is 0 Å². The maximum atomic E-state index is 12.1. The highest BCUT2D eigenvalue weighted by Crippen LogP contribution is 2.30. The summed E-state index contributed by atoms with van der Waals surface area (Å²) in [7, 11) is -1.15. The predicted octanol–water partition coefficient (Wildman–Crippen LogP) is 2.70. The molecule has 0 spiro atoms. The van der Waals surface area contributed by atoms with Crippen LogP contribution in [0.4, 0.5) is 5.95 Å². The van der Waals surface area contributed by atoms with Gasteiger partial charge in [-0.05, 0) is 39.5 Å². The monoisotopic (exact) mass is 352 g/mol. The molecule has 0 radical (unpaired) electrons. The Balaban J connectivity index is 1.71. The minimum absolute atomic E-state index is 0.210. The van der Waals surface area contributed by atoms with Gasteiger partial charge in [-0.2, -0.15) is 0 Å². The number of nitrogens with zero attached hydrogens (tertiary/aromatic N) is 3. The Bertz CT molecular complexity index is 682. The van der Waals surface area contributed by atoms with Gasteiger partial charge in [-0.15, -0.1) is 0 Å². The molecule has 1 heterocycles. The molecule has 6 nitrogen and oxygen atoms in total. The van der Waals surface area contributed by atoms with Crippen LogP contribution in [0.1, 0.15) is 69.2 Å². The van der Waals surface area contributed by atoms with Crippen LogP contribution in [-0.4, -0.2) is 36.7 Å². The van der Waals surface area contributed by atoms with Gasteiger partial charge in [-0.25, -0.2) is 23.1 Å². The summed E-state index contributed by atoms with van der Waals surface area (Å²) in [6.45, 7) is 3.79. The lowest BCUT2D eigenvalue weighted by Gasteiger charge is -2.31. The average molecular weight is 353 g/mol. The van der Waals surface area contributed by atoms with Crippen molar-refractivity contribution in [3.05, 3.63) is 17.5 Å². The third-order valence-electron chi connectivity index (χ3n) is 5.21. The van der Waals surface area contributed by atoms with Gasteiger partial charge in [0.2, 0.25) is 16.0 Å². The Morgan fingerprint density at radius 3 is 2.46 bits per heavy atom. The highest BCUT2D eigenvalue weighted by molar-refractivity contribution is 7.90. The number of rotatable bonds is 6. The number of nitrogens with one attached hydrogen (secondary N) is 1. The molecule has 3 rings (SSSR count). The Kier molecular flexibility index (Phi) is 5.11. The first-order valence-electron chi connectivity index (χ1n) is 8.96. The summed E-state index contributed by atoms with van der Waals surface area (Å²) in [6.07, 6.45) is 9.55. The summed E-state index contributed by atoms with van der Waals surface area (Å²) < 4.78 is 27.0. The zero-order chi connectivity index (χ0) is 17.3. The van der Waals surface area contributed by atoms with Crippen LogP contribution < -0.4 is 9.62 Å². The van der Waals surface area contributed by atoms with E-state index in [1.165, 1.54) is 32.1 Å². The van der Waals surface area contributed by atoms with Gasteiger partial charge in [0.1, 0.15) is 0 Å². The summed E-state index contributed by atoms with van der Waals surface area (Å²) in [6, 6.07) is 0.208. The summed E-state index contributed by atoms with van der Waals surface area (Å²) >= 11 is 0. The second kappa shape index (κ2) is 6.96. The molecule has 2 aliphatic rings. The van der Waals surface area contributed by atoms with E-state index in [9.17, 15) is 8.42 Å². The topological polar surface area (TPSA) is 75.2 Å². The van der Waals surface area contributed by atoms with Crippen LogP contribution >= 0.6 is 0 Å². The van der Waals surface area contributed by atoms with Gasteiger partial charge in [-0.3, -0.25) is 0 Å². The van der Waals surface area contributed by atoms with Crippen LogP contribution in [0, 0.1) is 6.92 Å². The smallest absolute Gasteiger partial charge is 0.225 e. The number of aromatic nitrogens is 2. The lowest BCUT2D eigenvalue weighted by atomic mass is 9.95. The number of aryl methyl sites for hydroxylation is 1. The van der Waals surface area contributed by atoms with Gasteiger partial charge >= 0.3 is 0 Å². The maximum absolute atomic E-state index is 12.1. The number of anilines is 1. The summed E-state index contributed by atoms with van der Waals surface area (Å²) in [5.74, 6) is 0.736. The highest BCUT2D eigenvalue weighted by atomic mass is 32.2. The van der Waals surface area contributed by atoms with E-state index in [-0.39, 0.29) is 11.3 Å². The van der Waals surface area contributed by atoms with E-state index in [1.54, 1.807) is 6.20 Å². The van der Waals surface area contributed by atoms with Gasteiger partial charge in [0, 0.05) is 36.6 Å². The average Bonchev–Trinajstić information content (AvgIpc) is 3.40. The normalized spacial score (nSPS) is 20.8. The largest absolute Gasteiger partial charge is 0.341 e. The highest BCUT2D eigenvalue weighted by Gasteiger charge is 2.36. The van der Waals surface area contributed by atoms with Crippen molar-refractivity contribution >= 4 is 16.0 Å². The van der Waals surface area contributed by atoms with Gasteiger partial charge in [0.05, 0.1) is 5.25 Å². The number of hydrogen-bond donors (Lipinski definition) is 1. The number of hydrogen-bond acceptors (Lipinski definition) is 5. The fraction of sp³-hybridized carbons (Fsp3) is 0.765. The van der Waals surface area contributed by atoms with Crippen molar-refractivity contribution in [2.45, 2.75) is 76.1 Å². The lowest BCUT2D eigenvalue weighted by molar-refractivity contribution is 0.424. The molecule has 2 aliphatic carbocycles. The molecule has 0 aliphatic heterocycles. The van der Waals surface area contributed by atoms with Crippen molar-refractivity contribution in [3.63, 3.8) is 0 Å². The Labute approximate surface area is 145 Å². The van der Waals surface area contributed by atoms with Crippen LogP contribution in [0.15, 0.2) is 6.20 Å². The first-order valence-corrected chi connectivity index (χ1v) is 10.5. The molecule has 7 heteroatoms. The second-order valence-corrected chi connectivity index (χ2v) is 9.19. The third kappa shape index (κ3) is 3.88. The SMILES string of the molecule is Cc1nc(N(C)C2CCCCC2)ncc1[C@H](C)NS(=O)(=O)C1CC1. The van der Waals surface area contributed by atoms with E-state index in [0.29, 0.717) is 6.04 Å². The standard InChI is InChI=1S/C17H28N4O2S/c1-12-16(13(2)20-24(22,23)15-9-10-15)11-18-17(19-12)21(3)14-7-5-4-6-8-14/h11,13-15,20H,4-10H2,1-3H3/t13-/m0/s1. The molecule has 1 aromatic rings. The molecule has 24 heavy (non-hydrogen) atoms. The van der Waals surface area contributed by atoms with E-state index in [1.807, 2.05) is 13.8 Å². The van der Waals surface area contributed by atoms with Crippen LogP contribution in [0.3, 0.4) is 0 Å². The zero-order valence-corrected chi connectivity index (χ0v) is 15.6. The molecule has 2 saturated carbocycles. The molecule has 0 unspecified atom stereocenters. The Hall–Kier alpha value is -1.21. The van der Waals surface area contributed by atoms with Crippen molar-refractivity contribution < 1.29 is 8.42 Å². The van der Waals surface area contributed by atoms with Crippen LogP contribution in [0.5, 0.6) is 0 Å². The molecule has 1 N–H and O–H groups in total. The van der Waals surface area contributed by atoms with Crippen molar-refractivity contribution in [1.82, 2.24) is 14.7 Å². The molecule has 0 aromatic carbocycles. The summed E-state index contributed by atoms with van der Waals surface area (Å²) in [5.41, 5.74) is 1.69. The molecule has 0 bridgehead atoms. The molecule has 134 valence electrons. The quantitative estimate of drug-likeness (QED) is 0.852. The summed E-state index contributed by atoms with van der Waals surface area (Å²) in [4.78, 5) is 11.3. The lowest BCUT2D eigenvalue weighted by Crippen LogP contribution is -2.35. The molecular formula is C17H28N4O2S. The van der Waals surface area contributed by atoms with Gasteiger partial charge in [0.25, 0.3) is 0 Å². The van der Waals surface area contributed by atoms with Gasteiger partial charge in [-0.1, -0.05) is 19.3 Å². The fourth-order valence-corrected chi connectivity index (χ4v) is 5.04. The third-order valence-corrected chi connectivity index (χ3v) is 7.24. The van der Waals surface area contributed by atoms with Crippen molar-refractivity contribution in [1.29, 1.82) is 0 Å². The molecule has 0 saturated heterocycles. The van der Waals surface area contributed by atoms with E-state index < -0.39 is 10.0 Å². The van der Waals surface area contributed by atoms with E-state index in [2.05, 4.69) is 26.6 Å². The van der Waals surface area contributed by atoms with Gasteiger partial charge < -0.3 is 4.90 Å².